The first-order chi connectivity index (χ1) is 15.5. The molecule has 1 aromatic carbocycles. The highest BCUT2D eigenvalue weighted by Crippen LogP contribution is 2.70. The Morgan fingerprint density at radius 2 is 1.97 bits per heavy atom. The normalized spacial score (nSPS) is 29.5. The SMILES string of the molecule is C=CC[C@H](NCc1cc(OC)c(OC)cc1C)C(=O)N1C2CC3CCC2(CS1(=O)=O)C3(C)C. The minimum Gasteiger partial charge on any atom is -0.493 e. The highest BCUT2D eigenvalue weighted by Gasteiger charge is 2.72. The summed E-state index contributed by atoms with van der Waals surface area (Å²) in [6, 6.07) is 2.88. The van der Waals surface area contributed by atoms with Gasteiger partial charge in [-0.05, 0) is 67.2 Å². The standard InChI is InChI=1S/C25H36N2O5S/c1-7-8-19(26-14-17-12-21(32-6)20(31-5)11-16(17)2)23(28)27-22-13-18-9-10-25(22,24(18,3)4)15-33(27,29)30/h7,11-12,18-19,22,26H,1,8-10,13-15H2,2-6H3/t18?,19-,22?,25?/m0/s1. The van der Waals surface area contributed by atoms with E-state index in [1.165, 1.54) is 4.31 Å². The predicted octanol–water partition coefficient (Wildman–Crippen LogP) is 3.41. The molecular formula is C25H36N2O5S. The highest BCUT2D eigenvalue weighted by molar-refractivity contribution is 7.90. The number of carbonyl (C=O) groups excluding carboxylic acids is 1. The van der Waals surface area contributed by atoms with Crippen molar-refractivity contribution in [1.29, 1.82) is 0 Å². The monoisotopic (exact) mass is 476 g/mol. The highest BCUT2D eigenvalue weighted by atomic mass is 32.2. The summed E-state index contributed by atoms with van der Waals surface area (Å²) in [4.78, 5) is 13.7. The fourth-order valence-electron chi connectivity index (χ4n) is 6.62. The molecule has 182 valence electrons. The maximum absolute atomic E-state index is 13.7. The van der Waals surface area contributed by atoms with Crippen LogP contribution in [0.1, 0.15) is 50.7 Å². The van der Waals surface area contributed by atoms with Gasteiger partial charge in [-0.1, -0.05) is 19.9 Å². The van der Waals surface area contributed by atoms with Crippen LogP contribution >= 0.6 is 0 Å². The zero-order valence-corrected chi connectivity index (χ0v) is 21.1. The number of nitrogens with one attached hydrogen (secondary N) is 1. The molecule has 1 amide bonds. The fraction of sp³-hybridized carbons (Fsp3) is 0.640. The van der Waals surface area contributed by atoms with Crippen LogP contribution in [0, 0.1) is 23.7 Å². The van der Waals surface area contributed by atoms with Gasteiger partial charge in [-0.3, -0.25) is 4.79 Å². The number of amides is 1. The number of sulfonamides is 1. The number of fused-ring (bicyclic) bond motifs is 1. The van der Waals surface area contributed by atoms with Crippen molar-refractivity contribution in [3.8, 4) is 11.5 Å². The van der Waals surface area contributed by atoms with Gasteiger partial charge in [0.05, 0.1) is 32.1 Å². The average Bonchev–Trinajstić information content (AvgIpc) is 3.24. The lowest BCUT2D eigenvalue weighted by Gasteiger charge is -2.37. The van der Waals surface area contributed by atoms with Gasteiger partial charge in [0.2, 0.25) is 10.0 Å². The summed E-state index contributed by atoms with van der Waals surface area (Å²) < 4.78 is 38.6. The molecule has 1 saturated heterocycles. The molecule has 4 atom stereocenters. The lowest BCUT2D eigenvalue weighted by Crippen LogP contribution is -2.51. The molecule has 4 rings (SSSR count). The van der Waals surface area contributed by atoms with Gasteiger partial charge >= 0.3 is 0 Å². The first kappa shape index (κ1) is 24.1. The van der Waals surface area contributed by atoms with E-state index in [1.807, 2.05) is 19.1 Å². The Kier molecular flexibility index (Phi) is 6.06. The largest absolute Gasteiger partial charge is 0.493 e. The zero-order chi connectivity index (χ0) is 24.2. The summed E-state index contributed by atoms with van der Waals surface area (Å²) in [6.07, 6.45) is 4.72. The smallest absolute Gasteiger partial charge is 0.253 e. The van der Waals surface area contributed by atoms with Crippen LogP contribution in [0.25, 0.3) is 0 Å². The molecule has 2 bridgehead atoms. The molecule has 1 spiro atoms. The first-order valence-corrected chi connectivity index (χ1v) is 13.2. The van der Waals surface area contributed by atoms with Crippen LogP contribution < -0.4 is 14.8 Å². The molecule has 3 unspecified atom stereocenters. The quantitative estimate of drug-likeness (QED) is 0.579. The second-order valence-electron chi connectivity index (χ2n) is 10.3. The molecule has 33 heavy (non-hydrogen) atoms. The van der Waals surface area contributed by atoms with Gasteiger partial charge in [-0.25, -0.2) is 12.7 Å². The van der Waals surface area contributed by atoms with Crippen molar-refractivity contribution < 1.29 is 22.7 Å². The second kappa shape index (κ2) is 8.31. The Hall–Kier alpha value is -2.06. The van der Waals surface area contributed by atoms with Crippen molar-refractivity contribution >= 4 is 15.9 Å². The van der Waals surface area contributed by atoms with E-state index in [2.05, 4.69) is 25.7 Å². The molecule has 1 aliphatic heterocycles. The molecule has 8 heteroatoms. The lowest BCUT2D eigenvalue weighted by atomic mass is 9.69. The van der Waals surface area contributed by atoms with Crippen LogP contribution in [0.4, 0.5) is 0 Å². The molecule has 1 heterocycles. The molecule has 7 nitrogen and oxygen atoms in total. The number of carbonyl (C=O) groups is 1. The van der Waals surface area contributed by atoms with Crippen LogP contribution in [0.5, 0.6) is 11.5 Å². The number of hydrogen-bond acceptors (Lipinski definition) is 6. The molecule has 1 aromatic rings. The third-order valence-electron chi connectivity index (χ3n) is 8.71. The van der Waals surface area contributed by atoms with Crippen molar-refractivity contribution in [2.75, 3.05) is 20.0 Å². The number of nitrogens with zero attached hydrogens (tertiary/aromatic N) is 1. The van der Waals surface area contributed by atoms with Gasteiger partial charge < -0.3 is 14.8 Å². The van der Waals surface area contributed by atoms with Crippen LogP contribution in [0.3, 0.4) is 0 Å². The van der Waals surface area contributed by atoms with Crippen LogP contribution in [0.2, 0.25) is 0 Å². The third-order valence-corrected chi connectivity index (χ3v) is 10.6. The van der Waals surface area contributed by atoms with E-state index in [4.69, 9.17) is 9.47 Å². The second-order valence-corrected chi connectivity index (χ2v) is 12.2. The number of ether oxygens (including phenoxy) is 2. The topological polar surface area (TPSA) is 84.9 Å². The van der Waals surface area contributed by atoms with E-state index in [-0.39, 0.29) is 28.5 Å². The van der Waals surface area contributed by atoms with E-state index >= 15 is 0 Å². The Morgan fingerprint density at radius 3 is 2.58 bits per heavy atom. The van der Waals surface area contributed by atoms with E-state index in [0.717, 1.165) is 30.4 Å². The van der Waals surface area contributed by atoms with Crippen LogP contribution in [-0.2, 0) is 21.4 Å². The summed E-state index contributed by atoms with van der Waals surface area (Å²) >= 11 is 0. The minimum absolute atomic E-state index is 0.0715. The van der Waals surface area contributed by atoms with Gasteiger partial charge in [-0.2, -0.15) is 0 Å². The molecule has 3 aliphatic rings. The summed E-state index contributed by atoms with van der Waals surface area (Å²) in [5.41, 5.74) is 1.55. The van der Waals surface area contributed by atoms with E-state index < -0.39 is 16.1 Å². The van der Waals surface area contributed by atoms with Crippen molar-refractivity contribution in [3.63, 3.8) is 0 Å². The summed E-state index contributed by atoms with van der Waals surface area (Å²) in [5, 5.41) is 3.30. The fourth-order valence-corrected chi connectivity index (χ4v) is 9.19. The van der Waals surface area contributed by atoms with E-state index in [9.17, 15) is 13.2 Å². The van der Waals surface area contributed by atoms with Gasteiger partial charge in [0, 0.05) is 12.0 Å². The molecule has 3 fully saturated rings. The van der Waals surface area contributed by atoms with E-state index in [0.29, 0.717) is 30.4 Å². The summed E-state index contributed by atoms with van der Waals surface area (Å²) in [6.45, 7) is 10.5. The number of methoxy groups -OCH3 is 2. The number of rotatable bonds is 8. The summed E-state index contributed by atoms with van der Waals surface area (Å²) in [7, 11) is -0.487. The van der Waals surface area contributed by atoms with Crippen molar-refractivity contribution in [3.05, 3.63) is 35.9 Å². The Labute approximate surface area is 197 Å². The number of aryl methyl sites for hydroxylation is 1. The number of hydrogen-bond donors (Lipinski definition) is 1. The van der Waals surface area contributed by atoms with Gasteiger partial charge in [0.25, 0.3) is 5.91 Å². The van der Waals surface area contributed by atoms with Gasteiger partial charge in [-0.15, -0.1) is 6.58 Å². The zero-order valence-electron chi connectivity index (χ0n) is 20.3. The Bertz CT molecular complexity index is 1070. The van der Waals surface area contributed by atoms with Crippen LogP contribution in [-0.4, -0.2) is 50.7 Å². The average molecular weight is 477 g/mol. The van der Waals surface area contributed by atoms with Crippen molar-refractivity contribution in [2.24, 2.45) is 16.7 Å². The maximum atomic E-state index is 13.7. The molecule has 0 radical (unpaired) electrons. The van der Waals surface area contributed by atoms with Crippen molar-refractivity contribution in [2.45, 2.75) is 65.1 Å². The Morgan fingerprint density at radius 1 is 1.30 bits per heavy atom. The van der Waals surface area contributed by atoms with Crippen molar-refractivity contribution in [1.82, 2.24) is 9.62 Å². The molecule has 1 N–H and O–H groups in total. The molecular weight excluding hydrogens is 440 g/mol. The maximum Gasteiger partial charge on any atom is 0.253 e. The van der Waals surface area contributed by atoms with Gasteiger partial charge in [0.1, 0.15) is 0 Å². The lowest BCUT2D eigenvalue weighted by molar-refractivity contribution is -0.131. The van der Waals surface area contributed by atoms with Crippen LogP contribution in [0.15, 0.2) is 24.8 Å². The van der Waals surface area contributed by atoms with Gasteiger partial charge in [0.15, 0.2) is 11.5 Å². The first-order valence-electron chi connectivity index (χ1n) is 11.6. The minimum atomic E-state index is -3.66. The number of benzene rings is 1. The summed E-state index contributed by atoms with van der Waals surface area (Å²) in [5.74, 6) is 1.44. The Balaban J connectivity index is 1.58. The third kappa shape index (κ3) is 3.57. The predicted molar refractivity (Wildman–Crippen MR) is 128 cm³/mol. The molecule has 0 aromatic heterocycles. The molecule has 2 aliphatic carbocycles. The van der Waals surface area contributed by atoms with E-state index in [1.54, 1.807) is 20.3 Å². The molecule has 2 saturated carbocycles.